The van der Waals surface area contributed by atoms with Crippen LogP contribution in [0.2, 0.25) is 0 Å². The number of benzene rings is 1. The first-order valence-corrected chi connectivity index (χ1v) is 13.8. The van der Waals surface area contributed by atoms with E-state index in [2.05, 4.69) is 15.7 Å². The van der Waals surface area contributed by atoms with Crippen molar-refractivity contribution in [3.63, 3.8) is 0 Å². The van der Waals surface area contributed by atoms with Crippen molar-refractivity contribution in [1.82, 2.24) is 25.2 Å². The molecule has 0 aliphatic heterocycles. The van der Waals surface area contributed by atoms with E-state index in [1.54, 1.807) is 48.8 Å². The second-order valence-corrected chi connectivity index (χ2v) is 11.3. The molecule has 3 atom stereocenters. The van der Waals surface area contributed by atoms with Crippen LogP contribution in [-0.4, -0.2) is 38.5 Å². The highest BCUT2D eigenvalue weighted by atomic mass is 19.4. The Labute approximate surface area is 233 Å². The Morgan fingerprint density at radius 1 is 1.02 bits per heavy atom. The van der Waals surface area contributed by atoms with E-state index in [0.29, 0.717) is 22.5 Å². The molecule has 41 heavy (non-hydrogen) atoms. The van der Waals surface area contributed by atoms with Gasteiger partial charge in [0.15, 0.2) is 5.65 Å². The van der Waals surface area contributed by atoms with Crippen LogP contribution in [0.4, 0.5) is 22.0 Å². The molecule has 12 heteroatoms. The lowest BCUT2D eigenvalue weighted by atomic mass is 9.81. The normalized spacial score (nSPS) is 19.9. The lowest BCUT2D eigenvalue weighted by Gasteiger charge is -2.33. The second-order valence-electron chi connectivity index (χ2n) is 11.3. The van der Waals surface area contributed by atoms with Gasteiger partial charge in [-0.15, -0.1) is 0 Å². The summed E-state index contributed by atoms with van der Waals surface area (Å²) in [6.07, 6.45) is -0.405. The fraction of sp³-hybridized carbons (Fsp3) is 0.517. The van der Waals surface area contributed by atoms with Gasteiger partial charge in [0.05, 0.1) is 36.1 Å². The van der Waals surface area contributed by atoms with Gasteiger partial charge in [-0.05, 0) is 61.3 Å². The number of hydrogen-bond acceptors (Lipinski definition) is 4. The summed E-state index contributed by atoms with van der Waals surface area (Å²) in [6, 6.07) is 9.18. The minimum atomic E-state index is -4.46. The van der Waals surface area contributed by atoms with Crippen LogP contribution in [0.15, 0.2) is 48.8 Å². The largest absolute Gasteiger partial charge is 0.392 e. The van der Waals surface area contributed by atoms with Crippen LogP contribution in [0.1, 0.15) is 85.6 Å². The van der Waals surface area contributed by atoms with Crippen molar-refractivity contribution in [3.8, 4) is 0 Å². The summed E-state index contributed by atoms with van der Waals surface area (Å²) in [6.45, 7) is 0.978. The number of imidazole rings is 1. The van der Waals surface area contributed by atoms with E-state index in [4.69, 9.17) is 4.98 Å². The third-order valence-corrected chi connectivity index (χ3v) is 8.05. The number of halogens is 5. The van der Waals surface area contributed by atoms with Gasteiger partial charge in [-0.1, -0.05) is 25.1 Å². The van der Waals surface area contributed by atoms with Gasteiger partial charge in [-0.25, -0.2) is 18.3 Å². The molecule has 1 aromatic carbocycles. The summed E-state index contributed by atoms with van der Waals surface area (Å²) in [7, 11) is 0. The Balaban J connectivity index is 1.39. The molecular formula is C29H32F5N5O2. The fourth-order valence-corrected chi connectivity index (χ4v) is 5.40. The van der Waals surface area contributed by atoms with Crippen LogP contribution in [0.5, 0.6) is 0 Å². The minimum Gasteiger partial charge on any atom is -0.349 e. The third kappa shape index (κ3) is 7.02. The third-order valence-electron chi connectivity index (χ3n) is 8.05. The maximum Gasteiger partial charge on any atom is 0.392 e. The number of rotatable bonds is 9. The molecule has 1 unspecified atom stereocenters. The molecule has 5 rings (SSSR count). The lowest BCUT2D eigenvalue weighted by molar-refractivity contribution is -0.174. The first kappa shape index (κ1) is 28.9. The molecular weight excluding hydrogens is 545 g/mol. The molecule has 2 amide bonds. The predicted octanol–water partition coefficient (Wildman–Crippen LogP) is 6.18. The zero-order chi connectivity index (χ0) is 29.4. The van der Waals surface area contributed by atoms with Crippen LogP contribution < -0.4 is 10.6 Å². The highest BCUT2D eigenvalue weighted by Gasteiger charge is 2.41. The standard InChI is InChI=1S/C29H32F5N5O2/c1-17(29(32,33)34)13-24(40)37-25(18-7-8-18)21-14-23-36-22(16-39(23)35-15-21)26(19-9-11-28(30,31)12-10-19)38-27(41)20-5-3-2-4-6-20/h2-6,14-19,25-26H,7-13H2,1H3,(H,37,40)(H,38,41)/t17?,25-,26+/m1/s1. The van der Waals surface area contributed by atoms with E-state index in [1.807, 2.05) is 0 Å². The van der Waals surface area contributed by atoms with Gasteiger partial charge in [0.1, 0.15) is 0 Å². The monoisotopic (exact) mass is 577 g/mol. The average molecular weight is 578 g/mol. The topological polar surface area (TPSA) is 88.4 Å². The molecule has 2 heterocycles. The average Bonchev–Trinajstić information content (AvgIpc) is 3.68. The van der Waals surface area contributed by atoms with Gasteiger partial charge in [0, 0.05) is 24.8 Å². The Morgan fingerprint density at radius 3 is 2.32 bits per heavy atom. The zero-order valence-electron chi connectivity index (χ0n) is 22.5. The van der Waals surface area contributed by atoms with Crippen LogP contribution in [0.3, 0.4) is 0 Å². The predicted molar refractivity (Wildman–Crippen MR) is 140 cm³/mol. The molecule has 0 radical (unpaired) electrons. The first-order valence-electron chi connectivity index (χ1n) is 13.8. The molecule has 220 valence electrons. The van der Waals surface area contributed by atoms with Crippen molar-refractivity contribution in [3.05, 3.63) is 65.6 Å². The Bertz CT molecular complexity index is 1380. The Kier molecular flexibility index (Phi) is 8.02. The molecule has 2 fully saturated rings. The van der Waals surface area contributed by atoms with E-state index in [9.17, 15) is 31.5 Å². The number of carbonyl (C=O) groups excluding carboxylic acids is 2. The molecule has 2 aromatic heterocycles. The first-order chi connectivity index (χ1) is 19.4. The van der Waals surface area contributed by atoms with E-state index in [1.165, 1.54) is 4.52 Å². The number of hydrogen-bond donors (Lipinski definition) is 2. The molecule has 3 aromatic rings. The van der Waals surface area contributed by atoms with E-state index >= 15 is 0 Å². The van der Waals surface area contributed by atoms with Gasteiger partial charge in [-0.3, -0.25) is 9.59 Å². The van der Waals surface area contributed by atoms with Crippen molar-refractivity contribution in [2.45, 2.75) is 76.1 Å². The quantitative estimate of drug-likeness (QED) is 0.297. The summed E-state index contributed by atoms with van der Waals surface area (Å²) in [4.78, 5) is 30.2. The maximum absolute atomic E-state index is 13.9. The van der Waals surface area contributed by atoms with Gasteiger partial charge in [0.2, 0.25) is 11.8 Å². The van der Waals surface area contributed by atoms with Crippen molar-refractivity contribution in [2.24, 2.45) is 17.8 Å². The number of alkyl halides is 5. The van der Waals surface area contributed by atoms with Crippen LogP contribution in [-0.2, 0) is 4.79 Å². The van der Waals surface area contributed by atoms with E-state index in [-0.39, 0.29) is 43.4 Å². The summed E-state index contributed by atoms with van der Waals surface area (Å²) in [5.41, 5.74) is 1.94. The molecule has 2 saturated carbocycles. The van der Waals surface area contributed by atoms with E-state index < -0.39 is 42.4 Å². The second kappa shape index (κ2) is 11.4. The number of fused-ring (bicyclic) bond motifs is 1. The number of nitrogens with zero attached hydrogens (tertiary/aromatic N) is 3. The molecule has 0 spiro atoms. The number of carbonyl (C=O) groups is 2. The molecule has 2 N–H and O–H groups in total. The molecule has 0 saturated heterocycles. The number of aromatic nitrogens is 3. The Hall–Kier alpha value is -3.57. The molecule has 2 aliphatic carbocycles. The molecule has 2 aliphatic rings. The minimum absolute atomic E-state index is 0.0839. The van der Waals surface area contributed by atoms with Gasteiger partial charge in [-0.2, -0.15) is 18.3 Å². The fourth-order valence-electron chi connectivity index (χ4n) is 5.40. The highest BCUT2D eigenvalue weighted by molar-refractivity contribution is 5.94. The van der Waals surface area contributed by atoms with Crippen molar-refractivity contribution >= 4 is 17.5 Å². The number of nitrogens with one attached hydrogen (secondary N) is 2. The van der Waals surface area contributed by atoms with Crippen molar-refractivity contribution in [1.29, 1.82) is 0 Å². The van der Waals surface area contributed by atoms with Crippen molar-refractivity contribution in [2.75, 3.05) is 0 Å². The summed E-state index contributed by atoms with van der Waals surface area (Å²) in [5.74, 6) is -5.71. The van der Waals surface area contributed by atoms with E-state index in [0.717, 1.165) is 19.8 Å². The maximum atomic E-state index is 13.9. The summed E-state index contributed by atoms with van der Waals surface area (Å²) >= 11 is 0. The zero-order valence-corrected chi connectivity index (χ0v) is 22.5. The van der Waals surface area contributed by atoms with Gasteiger partial charge in [0.25, 0.3) is 5.91 Å². The molecule has 0 bridgehead atoms. The summed E-state index contributed by atoms with van der Waals surface area (Å²) < 4.78 is 68.3. The number of amides is 2. The van der Waals surface area contributed by atoms with Gasteiger partial charge >= 0.3 is 6.18 Å². The lowest BCUT2D eigenvalue weighted by Crippen LogP contribution is -2.37. The highest BCUT2D eigenvalue weighted by Crippen LogP contribution is 2.43. The molecule has 7 nitrogen and oxygen atoms in total. The van der Waals surface area contributed by atoms with Crippen LogP contribution >= 0.6 is 0 Å². The van der Waals surface area contributed by atoms with Crippen LogP contribution in [0.25, 0.3) is 5.65 Å². The summed E-state index contributed by atoms with van der Waals surface area (Å²) in [5, 5.41) is 10.2. The Morgan fingerprint density at radius 2 is 1.68 bits per heavy atom. The van der Waals surface area contributed by atoms with Gasteiger partial charge < -0.3 is 10.6 Å². The smallest absolute Gasteiger partial charge is 0.349 e. The van der Waals surface area contributed by atoms with Crippen LogP contribution in [0, 0.1) is 17.8 Å². The van der Waals surface area contributed by atoms with Crippen molar-refractivity contribution < 1.29 is 31.5 Å². The SMILES string of the molecule is CC(CC(=O)N[C@@H](c1cnn2cc([C@@H](NC(=O)c3ccccc3)C3CCC(F)(F)CC3)nc2c1)C1CC1)C(F)(F)F.